The van der Waals surface area contributed by atoms with Gasteiger partial charge in [-0.3, -0.25) is 0 Å². The molecule has 3 N–H and O–H groups in total. The number of benzene rings is 1. The molecule has 0 aliphatic rings. The highest BCUT2D eigenvalue weighted by Gasteiger charge is 2.12. The number of rotatable bonds is 8. The van der Waals surface area contributed by atoms with Gasteiger partial charge in [-0.05, 0) is 36.4 Å². The van der Waals surface area contributed by atoms with Gasteiger partial charge in [0, 0.05) is 29.8 Å². The van der Waals surface area contributed by atoms with Crippen molar-refractivity contribution in [1.29, 1.82) is 0 Å². The zero-order valence-corrected chi connectivity index (χ0v) is 16.5. The Morgan fingerprint density at radius 2 is 1.67 bits per heavy atom. The number of nitrogens with one attached hydrogen (secondary N) is 3. The fourth-order valence-corrected chi connectivity index (χ4v) is 3.46. The Bertz CT molecular complexity index is 984. The van der Waals surface area contributed by atoms with Gasteiger partial charge in [0.05, 0.1) is 4.90 Å². The summed E-state index contributed by atoms with van der Waals surface area (Å²) in [6, 6.07) is 13.7. The first-order valence-corrected chi connectivity index (χ1v) is 10.3. The van der Waals surface area contributed by atoms with Crippen molar-refractivity contribution in [3.63, 3.8) is 0 Å². The van der Waals surface area contributed by atoms with E-state index in [1.54, 1.807) is 36.5 Å². The van der Waals surface area contributed by atoms with Crippen LogP contribution >= 0.6 is 15.9 Å². The van der Waals surface area contributed by atoms with Crippen LogP contribution in [-0.2, 0) is 10.0 Å². The van der Waals surface area contributed by atoms with E-state index in [9.17, 15) is 8.42 Å². The van der Waals surface area contributed by atoms with Crippen LogP contribution in [0.2, 0.25) is 0 Å². The second kappa shape index (κ2) is 8.89. The largest absolute Gasteiger partial charge is 0.369 e. The van der Waals surface area contributed by atoms with Crippen LogP contribution in [0.25, 0.3) is 0 Å². The summed E-state index contributed by atoms with van der Waals surface area (Å²) in [5.41, 5.74) is 0. The molecule has 27 heavy (non-hydrogen) atoms. The van der Waals surface area contributed by atoms with Crippen molar-refractivity contribution in [3.8, 4) is 0 Å². The van der Waals surface area contributed by atoms with Crippen molar-refractivity contribution in [2.45, 2.75) is 4.90 Å². The molecule has 8 nitrogen and oxygen atoms in total. The van der Waals surface area contributed by atoms with E-state index >= 15 is 0 Å². The first kappa shape index (κ1) is 19.2. The van der Waals surface area contributed by atoms with Crippen LogP contribution < -0.4 is 15.4 Å². The van der Waals surface area contributed by atoms with Crippen molar-refractivity contribution in [3.05, 3.63) is 65.5 Å². The minimum atomic E-state index is -3.54. The maximum Gasteiger partial charge on any atom is 0.240 e. The van der Waals surface area contributed by atoms with Crippen LogP contribution in [-0.4, -0.2) is 36.5 Å². The molecule has 0 radical (unpaired) electrons. The second-order valence-corrected chi connectivity index (χ2v) is 8.09. The number of sulfonamides is 1. The van der Waals surface area contributed by atoms with Crippen LogP contribution in [0.4, 0.5) is 17.5 Å². The van der Waals surface area contributed by atoms with Crippen LogP contribution in [0, 0.1) is 0 Å². The summed E-state index contributed by atoms with van der Waals surface area (Å²) in [7, 11) is -3.54. The Morgan fingerprint density at radius 1 is 0.889 bits per heavy atom. The van der Waals surface area contributed by atoms with Gasteiger partial charge in [0.15, 0.2) is 0 Å². The van der Waals surface area contributed by atoms with Gasteiger partial charge in [0.2, 0.25) is 10.0 Å². The Morgan fingerprint density at radius 3 is 2.41 bits per heavy atom. The van der Waals surface area contributed by atoms with Crippen molar-refractivity contribution in [2.24, 2.45) is 0 Å². The average molecular weight is 449 g/mol. The molecule has 0 saturated carbocycles. The lowest BCUT2D eigenvalue weighted by Gasteiger charge is -2.09. The molecule has 10 heteroatoms. The number of hydrogen-bond acceptors (Lipinski definition) is 7. The highest BCUT2D eigenvalue weighted by Crippen LogP contribution is 2.15. The summed E-state index contributed by atoms with van der Waals surface area (Å²) in [4.78, 5) is 12.6. The minimum absolute atomic E-state index is 0.214. The molecule has 0 fully saturated rings. The van der Waals surface area contributed by atoms with E-state index in [0.717, 1.165) is 4.47 Å². The fraction of sp³-hybridized carbons (Fsp3) is 0.118. The van der Waals surface area contributed by atoms with E-state index in [4.69, 9.17) is 0 Å². The van der Waals surface area contributed by atoms with Crippen LogP contribution in [0.5, 0.6) is 0 Å². The minimum Gasteiger partial charge on any atom is -0.369 e. The fourth-order valence-electron chi connectivity index (χ4n) is 2.16. The van der Waals surface area contributed by atoms with Gasteiger partial charge < -0.3 is 10.6 Å². The molecular weight excluding hydrogens is 432 g/mol. The van der Waals surface area contributed by atoms with Crippen molar-refractivity contribution >= 4 is 43.4 Å². The average Bonchev–Trinajstić information content (AvgIpc) is 2.67. The van der Waals surface area contributed by atoms with E-state index in [2.05, 4.69) is 46.2 Å². The standard InChI is InChI=1S/C17H17BrN6O2S/c18-13-4-6-14(7-5-13)27(25,26)23-10-9-20-16-11-17(22-12-21-16)24-15-3-1-2-8-19-15/h1-8,11-12,23H,9-10H2,(H2,19,20,21,22,24). The summed E-state index contributed by atoms with van der Waals surface area (Å²) < 4.78 is 27.8. The van der Waals surface area contributed by atoms with Gasteiger partial charge in [-0.15, -0.1) is 0 Å². The first-order valence-electron chi connectivity index (χ1n) is 8.02. The van der Waals surface area contributed by atoms with Gasteiger partial charge in [-0.2, -0.15) is 0 Å². The molecule has 0 bridgehead atoms. The molecule has 2 heterocycles. The van der Waals surface area contributed by atoms with Crippen LogP contribution in [0.3, 0.4) is 0 Å². The molecule has 1 aromatic carbocycles. The smallest absolute Gasteiger partial charge is 0.240 e. The summed E-state index contributed by atoms with van der Waals surface area (Å²) in [6.45, 7) is 0.585. The lowest BCUT2D eigenvalue weighted by molar-refractivity contribution is 0.583. The predicted octanol–water partition coefficient (Wildman–Crippen LogP) is 2.77. The number of aromatic nitrogens is 3. The van der Waals surface area contributed by atoms with Gasteiger partial charge in [0.1, 0.15) is 23.8 Å². The van der Waals surface area contributed by atoms with Crippen LogP contribution in [0.15, 0.2) is 70.4 Å². The Balaban J connectivity index is 1.52. The number of halogens is 1. The monoisotopic (exact) mass is 448 g/mol. The van der Waals surface area contributed by atoms with E-state index in [1.807, 2.05) is 18.2 Å². The van der Waals surface area contributed by atoms with E-state index in [-0.39, 0.29) is 11.4 Å². The SMILES string of the molecule is O=S(=O)(NCCNc1cc(Nc2ccccn2)ncn1)c1ccc(Br)cc1. The van der Waals surface area contributed by atoms with Crippen molar-refractivity contribution in [2.75, 3.05) is 23.7 Å². The van der Waals surface area contributed by atoms with E-state index in [0.29, 0.717) is 24.0 Å². The number of nitrogens with zero attached hydrogens (tertiary/aromatic N) is 3. The highest BCUT2D eigenvalue weighted by atomic mass is 79.9. The molecule has 0 aliphatic carbocycles. The quantitative estimate of drug-likeness (QED) is 0.454. The second-order valence-electron chi connectivity index (χ2n) is 5.41. The van der Waals surface area contributed by atoms with Crippen molar-refractivity contribution < 1.29 is 8.42 Å². The van der Waals surface area contributed by atoms with Gasteiger partial charge >= 0.3 is 0 Å². The van der Waals surface area contributed by atoms with E-state index in [1.165, 1.54) is 6.33 Å². The Hall–Kier alpha value is -2.56. The highest BCUT2D eigenvalue weighted by molar-refractivity contribution is 9.10. The number of anilines is 3. The molecule has 0 amide bonds. The van der Waals surface area contributed by atoms with Gasteiger partial charge in [-0.25, -0.2) is 28.1 Å². The Labute approximate surface area is 165 Å². The van der Waals surface area contributed by atoms with Gasteiger partial charge in [-0.1, -0.05) is 22.0 Å². The normalized spacial score (nSPS) is 11.1. The topological polar surface area (TPSA) is 109 Å². The number of pyridine rings is 1. The zero-order chi connectivity index (χ0) is 19.1. The summed E-state index contributed by atoms with van der Waals surface area (Å²) >= 11 is 3.28. The molecule has 0 saturated heterocycles. The third-order valence-electron chi connectivity index (χ3n) is 3.44. The first-order chi connectivity index (χ1) is 13.0. The van der Waals surface area contributed by atoms with Gasteiger partial charge in [0.25, 0.3) is 0 Å². The molecule has 0 spiro atoms. The van der Waals surface area contributed by atoms with Crippen molar-refractivity contribution in [1.82, 2.24) is 19.7 Å². The molecule has 2 aromatic heterocycles. The summed E-state index contributed by atoms with van der Waals surface area (Å²) in [6.07, 6.45) is 3.10. The number of hydrogen-bond donors (Lipinski definition) is 3. The predicted molar refractivity (Wildman–Crippen MR) is 107 cm³/mol. The third-order valence-corrected chi connectivity index (χ3v) is 5.44. The molecule has 3 rings (SSSR count). The molecular formula is C17H17BrN6O2S. The molecule has 140 valence electrons. The lowest BCUT2D eigenvalue weighted by Crippen LogP contribution is -2.29. The lowest BCUT2D eigenvalue weighted by atomic mass is 10.4. The summed E-state index contributed by atoms with van der Waals surface area (Å²) in [5, 5.41) is 6.13. The maximum atomic E-state index is 12.2. The maximum absolute atomic E-state index is 12.2. The molecule has 0 unspecified atom stereocenters. The van der Waals surface area contributed by atoms with Crippen LogP contribution in [0.1, 0.15) is 0 Å². The summed E-state index contributed by atoms with van der Waals surface area (Å²) in [5.74, 6) is 1.83. The zero-order valence-electron chi connectivity index (χ0n) is 14.1. The third kappa shape index (κ3) is 5.71. The Kier molecular flexibility index (Phi) is 6.32. The molecule has 0 aliphatic heterocycles. The van der Waals surface area contributed by atoms with E-state index < -0.39 is 10.0 Å². The molecule has 3 aromatic rings. The molecule has 0 atom stereocenters.